The second-order valence-corrected chi connectivity index (χ2v) is 14.2. The highest BCUT2D eigenvalue weighted by Gasteiger charge is 2.43. The maximum absolute atomic E-state index is 13.5. The van der Waals surface area contributed by atoms with Crippen LogP contribution in [0.2, 0.25) is 0 Å². The van der Waals surface area contributed by atoms with Crippen LogP contribution >= 0.6 is 0 Å². The molecule has 1 saturated heterocycles. The summed E-state index contributed by atoms with van der Waals surface area (Å²) in [6, 6.07) is 5.26. The summed E-state index contributed by atoms with van der Waals surface area (Å²) in [5.74, 6) is -1.93. The highest BCUT2D eigenvalue weighted by Crippen LogP contribution is 2.36. The number of rotatable bonds is 23. The van der Waals surface area contributed by atoms with Gasteiger partial charge < -0.3 is 44.6 Å². The van der Waals surface area contributed by atoms with Crippen LogP contribution in [-0.4, -0.2) is 99.8 Å². The van der Waals surface area contributed by atoms with Gasteiger partial charge in [-0.05, 0) is 68.6 Å². The zero-order chi connectivity index (χ0) is 39.0. The molecule has 0 aromatic heterocycles. The first-order valence-corrected chi connectivity index (χ1v) is 17.5. The maximum atomic E-state index is 13.5. The Kier molecular flexibility index (Phi) is 17.9. The molecule has 15 nitrogen and oxygen atoms in total. The third-order valence-corrected chi connectivity index (χ3v) is 9.24. The Morgan fingerprint density at radius 2 is 1.77 bits per heavy atom. The molecule has 1 aliphatic heterocycles. The summed E-state index contributed by atoms with van der Waals surface area (Å²) in [4.78, 5) is 62.4. The zero-order valence-electron chi connectivity index (χ0n) is 31.7. The summed E-state index contributed by atoms with van der Waals surface area (Å²) in [5.41, 5.74) is 5.57. The minimum Gasteiger partial charge on any atom is -0.493 e. The molecule has 1 fully saturated rings. The Balaban J connectivity index is 2.37. The summed E-state index contributed by atoms with van der Waals surface area (Å²) in [5, 5.41) is 11.8. The SMILES string of the molecule is COCCCOc1cc(C[C@@H](C[C@H]2[C@H](C[C@H](C(=O)NCC(C)(C)C(N)=O)C(C)C)OCN2C(=O)OCO/C(C=O)=C/C(=O)O)C(C)C)ccc1OC. The molecule has 1 aromatic carbocycles. The van der Waals surface area contributed by atoms with E-state index in [9.17, 15) is 24.0 Å². The van der Waals surface area contributed by atoms with Crippen molar-refractivity contribution in [1.82, 2.24) is 10.2 Å². The zero-order valence-corrected chi connectivity index (χ0v) is 31.7. The van der Waals surface area contributed by atoms with Gasteiger partial charge in [-0.25, -0.2) is 9.59 Å². The van der Waals surface area contributed by atoms with Gasteiger partial charge >= 0.3 is 12.1 Å². The summed E-state index contributed by atoms with van der Waals surface area (Å²) in [6.45, 7) is 11.6. The number of carbonyl (C=O) groups excluding carboxylic acids is 4. The van der Waals surface area contributed by atoms with Crippen LogP contribution in [0.5, 0.6) is 11.5 Å². The van der Waals surface area contributed by atoms with Gasteiger partial charge in [0.2, 0.25) is 18.6 Å². The third-order valence-electron chi connectivity index (χ3n) is 9.24. The largest absolute Gasteiger partial charge is 0.493 e. The number of benzene rings is 1. The Hall–Kier alpha value is -4.37. The first-order valence-electron chi connectivity index (χ1n) is 17.5. The van der Waals surface area contributed by atoms with E-state index in [1.54, 1.807) is 28.1 Å². The molecule has 0 aliphatic carbocycles. The van der Waals surface area contributed by atoms with Gasteiger partial charge in [-0.2, -0.15) is 0 Å². The fourth-order valence-electron chi connectivity index (χ4n) is 5.75. The highest BCUT2D eigenvalue weighted by molar-refractivity contribution is 5.87. The van der Waals surface area contributed by atoms with E-state index in [4.69, 9.17) is 39.3 Å². The normalized spacial score (nSPS) is 17.4. The number of aldehydes is 1. The van der Waals surface area contributed by atoms with Crippen molar-refractivity contribution in [2.75, 3.05) is 47.5 Å². The number of nitrogens with one attached hydrogen (secondary N) is 1. The summed E-state index contributed by atoms with van der Waals surface area (Å²) >= 11 is 0. The van der Waals surface area contributed by atoms with Gasteiger partial charge in [0.05, 0.1) is 37.4 Å². The Labute approximate surface area is 306 Å². The number of carbonyl (C=O) groups is 5. The van der Waals surface area contributed by atoms with E-state index in [0.717, 1.165) is 5.56 Å². The molecule has 1 aromatic rings. The van der Waals surface area contributed by atoms with Crippen LogP contribution in [0.1, 0.15) is 66.4 Å². The van der Waals surface area contributed by atoms with Crippen molar-refractivity contribution >= 4 is 30.2 Å². The second kappa shape index (κ2) is 21.2. The highest BCUT2D eigenvalue weighted by atomic mass is 16.7. The molecule has 52 heavy (non-hydrogen) atoms. The van der Waals surface area contributed by atoms with Gasteiger partial charge in [0.15, 0.2) is 23.5 Å². The van der Waals surface area contributed by atoms with Gasteiger partial charge in [-0.1, -0.05) is 33.8 Å². The smallest absolute Gasteiger partial charge is 0.414 e. The number of methoxy groups -OCH3 is 2. The quantitative estimate of drug-likeness (QED) is 0.0482. The molecule has 0 bridgehead atoms. The molecule has 292 valence electrons. The van der Waals surface area contributed by atoms with E-state index in [1.165, 1.54) is 4.90 Å². The number of allylic oxidation sites excluding steroid dienone is 1. The van der Waals surface area contributed by atoms with Crippen molar-refractivity contribution in [3.63, 3.8) is 0 Å². The van der Waals surface area contributed by atoms with Crippen LogP contribution in [0.4, 0.5) is 4.79 Å². The van der Waals surface area contributed by atoms with E-state index in [-0.39, 0.29) is 49.6 Å². The molecule has 15 heteroatoms. The molecule has 4 N–H and O–H groups in total. The van der Waals surface area contributed by atoms with E-state index in [2.05, 4.69) is 19.2 Å². The molecule has 1 heterocycles. The van der Waals surface area contributed by atoms with Crippen molar-refractivity contribution in [1.29, 1.82) is 0 Å². The topological polar surface area (TPSA) is 202 Å². The molecular weight excluding hydrogens is 678 g/mol. The molecule has 4 atom stereocenters. The number of nitrogens with zero attached hydrogens (tertiary/aromatic N) is 1. The fourth-order valence-corrected chi connectivity index (χ4v) is 5.75. The number of amides is 3. The molecule has 0 spiro atoms. The Morgan fingerprint density at radius 1 is 1.06 bits per heavy atom. The Morgan fingerprint density at radius 3 is 2.35 bits per heavy atom. The van der Waals surface area contributed by atoms with Crippen LogP contribution in [0.25, 0.3) is 0 Å². The molecule has 0 radical (unpaired) electrons. The van der Waals surface area contributed by atoms with Gasteiger partial charge in [0, 0.05) is 32.6 Å². The number of primary amides is 1. The van der Waals surface area contributed by atoms with E-state index in [0.29, 0.717) is 50.1 Å². The predicted octanol–water partition coefficient (Wildman–Crippen LogP) is 3.91. The average Bonchev–Trinajstić information content (AvgIpc) is 3.48. The van der Waals surface area contributed by atoms with Crippen LogP contribution in [0.3, 0.4) is 0 Å². The minimum atomic E-state index is -1.40. The predicted molar refractivity (Wildman–Crippen MR) is 190 cm³/mol. The maximum Gasteiger partial charge on any atom is 0.414 e. The lowest BCUT2D eigenvalue weighted by Gasteiger charge is -2.33. The molecule has 3 amide bonds. The van der Waals surface area contributed by atoms with Crippen LogP contribution in [0, 0.1) is 29.1 Å². The molecule has 0 unspecified atom stereocenters. The number of nitrogens with two attached hydrogens (primary N) is 1. The van der Waals surface area contributed by atoms with Gasteiger partial charge in [0.25, 0.3) is 0 Å². The van der Waals surface area contributed by atoms with Gasteiger partial charge in [-0.3, -0.25) is 19.3 Å². The molecule has 2 rings (SSSR count). The Bertz CT molecular complexity index is 1380. The van der Waals surface area contributed by atoms with Crippen LogP contribution in [-0.2, 0) is 44.5 Å². The number of carboxylic acids is 1. The summed E-state index contributed by atoms with van der Waals surface area (Å²) in [7, 11) is 3.22. The number of hydrogen-bond acceptors (Lipinski definition) is 11. The van der Waals surface area contributed by atoms with Gasteiger partial charge in [0.1, 0.15) is 6.73 Å². The second-order valence-electron chi connectivity index (χ2n) is 14.2. The van der Waals surface area contributed by atoms with E-state index in [1.807, 2.05) is 32.0 Å². The van der Waals surface area contributed by atoms with E-state index >= 15 is 0 Å². The minimum absolute atomic E-state index is 0.0262. The first-order chi connectivity index (χ1) is 24.5. The van der Waals surface area contributed by atoms with E-state index < -0.39 is 54.0 Å². The summed E-state index contributed by atoms with van der Waals surface area (Å²) in [6.07, 6.45) is 1.49. The van der Waals surface area contributed by atoms with Crippen molar-refractivity contribution in [3.05, 3.63) is 35.6 Å². The summed E-state index contributed by atoms with van der Waals surface area (Å²) < 4.78 is 33.2. The third kappa shape index (κ3) is 13.6. The average molecular weight is 736 g/mol. The standard InChI is InChI=1S/C37H57N3O12/c1-23(2)26(14-25-10-11-30(48-8)32(15-25)49-13-9-12-47-7)16-29-31(18-28(24(3)4)34(44)39-20-37(5,6)35(38)45)50-21-40(29)36(46)52-22-51-27(19-41)17-33(42)43/h10-11,15,17,19,23-24,26,28-29,31H,9,12-14,16,18,20-22H2,1-8H3,(H2,38,45)(H,39,44)(H,42,43)/b27-17+/t26-,28-,29-,31-/m0/s1. The van der Waals surface area contributed by atoms with Crippen LogP contribution in [0.15, 0.2) is 30.0 Å². The van der Waals surface area contributed by atoms with Crippen molar-refractivity contribution in [2.24, 2.45) is 34.8 Å². The van der Waals surface area contributed by atoms with Crippen molar-refractivity contribution < 1.29 is 57.5 Å². The number of aliphatic carboxylic acids is 1. The lowest BCUT2D eigenvalue weighted by Crippen LogP contribution is -2.47. The number of carboxylic acid groups (broad SMARTS) is 1. The molecule has 1 aliphatic rings. The van der Waals surface area contributed by atoms with Crippen molar-refractivity contribution in [2.45, 2.75) is 79.4 Å². The number of hydrogen-bond donors (Lipinski definition) is 3. The monoisotopic (exact) mass is 735 g/mol. The lowest BCUT2D eigenvalue weighted by atomic mass is 9.80. The van der Waals surface area contributed by atoms with Crippen molar-refractivity contribution in [3.8, 4) is 11.5 Å². The number of ether oxygens (including phenoxy) is 6. The fraction of sp³-hybridized carbons (Fsp3) is 0.649. The molecular formula is C37H57N3O12. The van der Waals surface area contributed by atoms with Crippen LogP contribution < -0.4 is 20.5 Å². The first kappa shape index (κ1) is 43.8. The molecule has 0 saturated carbocycles. The lowest BCUT2D eigenvalue weighted by molar-refractivity contribution is -0.132. The van der Waals surface area contributed by atoms with Gasteiger partial charge in [-0.15, -0.1) is 0 Å².